The van der Waals surface area contributed by atoms with Gasteiger partial charge in [0.25, 0.3) is 5.91 Å². The highest BCUT2D eigenvalue weighted by Gasteiger charge is 2.34. The first-order valence-corrected chi connectivity index (χ1v) is 16.8. The average Bonchev–Trinajstić information content (AvgIpc) is 3.61. The molecule has 1 aromatic heterocycles. The molecule has 4 rings (SSSR count). The van der Waals surface area contributed by atoms with Crippen molar-refractivity contribution in [3.8, 4) is 5.75 Å². The number of nitrogens with one attached hydrogen (secondary N) is 4. The summed E-state index contributed by atoms with van der Waals surface area (Å²) in [5.41, 5.74) is 1.07. The molecule has 1 aliphatic heterocycles. The molecule has 0 radical (unpaired) electrons. The van der Waals surface area contributed by atoms with Gasteiger partial charge in [0.1, 0.15) is 23.9 Å². The van der Waals surface area contributed by atoms with Crippen LogP contribution in [0.1, 0.15) is 55.5 Å². The van der Waals surface area contributed by atoms with Crippen molar-refractivity contribution in [3.05, 3.63) is 84.4 Å². The number of aromatic nitrogens is 2. The molecule has 2 heterocycles. The second-order valence-corrected chi connectivity index (χ2v) is 12.6. The zero-order valence-electron chi connectivity index (χ0n) is 28.4. The number of fused-ring (bicyclic) bond motifs is 1. The predicted molar refractivity (Wildman–Crippen MR) is 183 cm³/mol. The Kier molecular flexibility index (Phi) is 13.7. The van der Waals surface area contributed by atoms with E-state index in [2.05, 4.69) is 26.3 Å². The molecule has 5 amide bonds. The molecule has 13 heteroatoms. The first-order chi connectivity index (χ1) is 23.6. The third-order valence-electron chi connectivity index (χ3n) is 8.24. The maximum atomic E-state index is 13.9. The number of nitrogens with zero attached hydrogens (tertiary/aromatic N) is 3. The van der Waals surface area contributed by atoms with Gasteiger partial charge < -0.3 is 35.5 Å². The van der Waals surface area contributed by atoms with Gasteiger partial charge in [-0.05, 0) is 42.9 Å². The molecule has 1 aliphatic rings. The highest BCUT2D eigenvalue weighted by molar-refractivity contribution is 6.01. The lowest BCUT2D eigenvalue weighted by Gasteiger charge is -2.31. The Labute approximate surface area is 287 Å². The predicted octanol–water partition coefficient (Wildman–Crippen LogP) is 2.08. The van der Waals surface area contributed by atoms with Crippen LogP contribution in [0.25, 0.3) is 0 Å². The third-order valence-corrected chi connectivity index (χ3v) is 8.24. The van der Waals surface area contributed by atoms with Gasteiger partial charge in [-0.2, -0.15) is 0 Å². The third kappa shape index (κ3) is 11.2. The van der Waals surface area contributed by atoms with Gasteiger partial charge in [-0.15, -0.1) is 0 Å². The Bertz CT molecular complexity index is 1550. The van der Waals surface area contributed by atoms with Gasteiger partial charge in [0.05, 0.1) is 24.9 Å². The SMILES string of the molecule is CC(C)C[C@H]1C(=O)N[C@@H](Cc2ccccc2)C(=O)NCCCOc2ccccc2C(=O)N[C@H](C(=O)NCCCn2ccnc2)CC(=O)N1C. The molecule has 262 valence electrons. The summed E-state index contributed by atoms with van der Waals surface area (Å²) in [4.78, 5) is 73.5. The quantitative estimate of drug-likeness (QED) is 0.253. The Hall–Kier alpha value is -5.20. The van der Waals surface area contributed by atoms with Crippen LogP contribution in [0.15, 0.2) is 73.3 Å². The van der Waals surface area contributed by atoms with E-state index in [0.717, 1.165) is 5.56 Å². The van der Waals surface area contributed by atoms with E-state index in [0.29, 0.717) is 38.1 Å². The lowest BCUT2D eigenvalue weighted by Crippen LogP contribution is -2.56. The summed E-state index contributed by atoms with van der Waals surface area (Å²) in [6, 6.07) is 13.0. The van der Waals surface area contributed by atoms with Gasteiger partial charge in [0.15, 0.2) is 0 Å². The van der Waals surface area contributed by atoms with Gasteiger partial charge in [-0.3, -0.25) is 24.0 Å². The Morgan fingerprint density at radius 2 is 1.78 bits per heavy atom. The normalized spacial score (nSPS) is 19.8. The number of benzene rings is 2. The summed E-state index contributed by atoms with van der Waals surface area (Å²) < 4.78 is 7.80. The lowest BCUT2D eigenvalue weighted by molar-refractivity contribution is -0.141. The molecule has 0 bridgehead atoms. The summed E-state index contributed by atoms with van der Waals surface area (Å²) >= 11 is 0. The Morgan fingerprint density at radius 1 is 1.02 bits per heavy atom. The summed E-state index contributed by atoms with van der Waals surface area (Å²) in [5.74, 6) is -2.15. The number of hydrogen-bond donors (Lipinski definition) is 4. The molecule has 3 atom stereocenters. The van der Waals surface area contributed by atoms with E-state index in [9.17, 15) is 24.0 Å². The second kappa shape index (κ2) is 18.4. The van der Waals surface area contributed by atoms with Crippen molar-refractivity contribution in [3.63, 3.8) is 0 Å². The number of imidazole rings is 1. The van der Waals surface area contributed by atoms with Crippen molar-refractivity contribution in [2.24, 2.45) is 5.92 Å². The molecule has 4 N–H and O–H groups in total. The zero-order chi connectivity index (χ0) is 35.2. The highest BCUT2D eigenvalue weighted by Crippen LogP contribution is 2.19. The molecule has 0 spiro atoms. The highest BCUT2D eigenvalue weighted by atomic mass is 16.5. The largest absolute Gasteiger partial charge is 0.493 e. The van der Waals surface area contributed by atoms with E-state index in [4.69, 9.17) is 4.74 Å². The van der Waals surface area contributed by atoms with Gasteiger partial charge in [-0.25, -0.2) is 4.98 Å². The molecular formula is C36H47N7O6. The number of aryl methyl sites for hydroxylation is 1. The van der Waals surface area contributed by atoms with Crippen LogP contribution in [0.4, 0.5) is 0 Å². The molecule has 3 aromatic rings. The molecule has 13 nitrogen and oxygen atoms in total. The number of carbonyl (C=O) groups is 5. The Balaban J connectivity index is 1.60. The second-order valence-electron chi connectivity index (χ2n) is 12.6. The maximum absolute atomic E-state index is 13.9. The molecule has 0 saturated carbocycles. The topological polar surface area (TPSA) is 164 Å². The van der Waals surface area contributed by atoms with Crippen LogP contribution in [0.3, 0.4) is 0 Å². The fourth-order valence-electron chi connectivity index (χ4n) is 5.54. The van der Waals surface area contributed by atoms with Crippen molar-refractivity contribution < 1.29 is 28.7 Å². The molecule has 2 aromatic carbocycles. The van der Waals surface area contributed by atoms with E-state index in [1.807, 2.05) is 54.9 Å². The fourth-order valence-corrected chi connectivity index (χ4v) is 5.54. The van der Waals surface area contributed by atoms with Gasteiger partial charge >= 0.3 is 0 Å². The minimum absolute atomic E-state index is 0.0241. The van der Waals surface area contributed by atoms with E-state index in [1.165, 1.54) is 11.9 Å². The molecule has 0 unspecified atom stereocenters. The molecule has 0 saturated heterocycles. The summed E-state index contributed by atoms with van der Waals surface area (Å²) in [7, 11) is 1.50. The van der Waals surface area contributed by atoms with E-state index >= 15 is 0 Å². The fraction of sp³-hybridized carbons (Fsp3) is 0.444. The summed E-state index contributed by atoms with van der Waals surface area (Å²) in [6.07, 6.45) is 6.38. The first kappa shape index (κ1) is 36.6. The maximum Gasteiger partial charge on any atom is 0.255 e. The molecular weight excluding hydrogens is 626 g/mol. The van der Waals surface area contributed by atoms with Crippen molar-refractivity contribution in [2.45, 2.75) is 70.6 Å². The number of likely N-dealkylation sites (N-methyl/N-ethyl adjacent to an activating group) is 1. The van der Waals surface area contributed by atoms with Gasteiger partial charge in [-0.1, -0.05) is 56.3 Å². The number of amides is 5. The first-order valence-electron chi connectivity index (χ1n) is 16.8. The monoisotopic (exact) mass is 673 g/mol. The molecule has 49 heavy (non-hydrogen) atoms. The standard InChI is InChI=1S/C36H47N7O6/c1-25(2)21-30-36(48)41-28(22-26-11-5-4-6-12-26)34(46)39-16-10-20-49-31-14-8-7-13-27(31)33(45)40-29(23-32(44)42(30)3)35(47)38-15-9-18-43-19-17-37-24-43/h4-8,11-14,17,19,24-25,28-30H,9-10,15-16,18,20-23H2,1-3H3,(H,38,47)(H,39,46)(H,40,45)(H,41,48)/t28-,29-,30-/m0/s1. The van der Waals surface area contributed by atoms with Crippen LogP contribution in [-0.4, -0.2) is 88.9 Å². The molecule has 0 fully saturated rings. The van der Waals surface area contributed by atoms with Gasteiger partial charge in [0.2, 0.25) is 23.6 Å². The molecule has 0 aliphatic carbocycles. The van der Waals surface area contributed by atoms with E-state index < -0.39 is 48.2 Å². The summed E-state index contributed by atoms with van der Waals surface area (Å²) in [5, 5.41) is 11.4. The van der Waals surface area contributed by atoms with Crippen molar-refractivity contribution in [1.82, 2.24) is 35.7 Å². The van der Waals surface area contributed by atoms with Crippen molar-refractivity contribution in [2.75, 3.05) is 26.7 Å². The number of carbonyl (C=O) groups excluding carboxylic acids is 5. The Morgan fingerprint density at radius 3 is 2.51 bits per heavy atom. The summed E-state index contributed by atoms with van der Waals surface area (Å²) in [6.45, 7) is 5.26. The van der Waals surface area contributed by atoms with Crippen LogP contribution < -0.4 is 26.0 Å². The number of rotatable bonds is 9. The van der Waals surface area contributed by atoms with Crippen LogP contribution in [-0.2, 0) is 32.1 Å². The number of para-hydroxylation sites is 1. The van der Waals surface area contributed by atoms with E-state index in [1.54, 1.807) is 36.8 Å². The van der Waals surface area contributed by atoms with Crippen LogP contribution >= 0.6 is 0 Å². The van der Waals surface area contributed by atoms with Crippen molar-refractivity contribution >= 4 is 29.5 Å². The zero-order valence-corrected chi connectivity index (χ0v) is 28.4. The number of ether oxygens (including phenoxy) is 1. The van der Waals surface area contributed by atoms with Gasteiger partial charge in [0, 0.05) is 45.5 Å². The average molecular weight is 674 g/mol. The minimum atomic E-state index is -1.23. The van der Waals surface area contributed by atoms with E-state index in [-0.39, 0.29) is 37.0 Å². The van der Waals surface area contributed by atoms with Crippen LogP contribution in [0.2, 0.25) is 0 Å². The lowest BCUT2D eigenvalue weighted by atomic mass is 9.99. The minimum Gasteiger partial charge on any atom is -0.493 e. The van der Waals surface area contributed by atoms with Crippen molar-refractivity contribution in [1.29, 1.82) is 0 Å². The van der Waals surface area contributed by atoms with Crippen LogP contribution in [0, 0.1) is 5.92 Å². The van der Waals surface area contributed by atoms with Crippen LogP contribution in [0.5, 0.6) is 5.75 Å². The number of hydrogen-bond acceptors (Lipinski definition) is 7. The smallest absolute Gasteiger partial charge is 0.255 e.